The maximum atomic E-state index is 12.9. The molecule has 0 spiro atoms. The topological polar surface area (TPSA) is 77.8 Å². The maximum absolute atomic E-state index is 12.9. The molecule has 16 heavy (non-hydrogen) atoms. The van der Waals surface area contributed by atoms with Crippen LogP contribution in [0.15, 0.2) is 0 Å². The molecule has 0 atom stereocenters. The zero-order chi connectivity index (χ0) is 12.6. The number of carboxylic acid groups (broad SMARTS) is 1. The average molecular weight is 238 g/mol. The molecule has 1 aromatic carbocycles. The summed E-state index contributed by atoms with van der Waals surface area (Å²) >= 11 is 0. The zero-order valence-corrected chi connectivity index (χ0v) is 7.34. The van der Waals surface area contributed by atoms with Crippen LogP contribution in [0.1, 0.15) is 10.4 Å². The Morgan fingerprint density at radius 1 is 0.938 bits per heavy atom. The molecule has 9 heteroatoms. The summed E-state index contributed by atoms with van der Waals surface area (Å²) in [7, 11) is -2.80. The third-order valence-electron chi connectivity index (χ3n) is 1.77. The van der Waals surface area contributed by atoms with Crippen LogP contribution in [0.4, 0.5) is 17.6 Å². The molecule has 0 aliphatic carbocycles. The maximum Gasteiger partial charge on any atom is 0.494 e. The highest BCUT2D eigenvalue weighted by Crippen LogP contribution is 2.18. The van der Waals surface area contributed by atoms with Gasteiger partial charge in [0.05, 0.1) is 5.46 Å². The van der Waals surface area contributed by atoms with Gasteiger partial charge in [-0.3, -0.25) is 0 Å². The molecule has 1 rings (SSSR count). The molecule has 3 N–H and O–H groups in total. The van der Waals surface area contributed by atoms with Crippen molar-refractivity contribution in [1.29, 1.82) is 0 Å². The summed E-state index contributed by atoms with van der Waals surface area (Å²) in [4.78, 5) is 10.3. The van der Waals surface area contributed by atoms with Crippen molar-refractivity contribution in [2.24, 2.45) is 0 Å². The van der Waals surface area contributed by atoms with Crippen molar-refractivity contribution in [1.82, 2.24) is 0 Å². The van der Waals surface area contributed by atoms with Crippen LogP contribution >= 0.6 is 0 Å². The van der Waals surface area contributed by atoms with Crippen molar-refractivity contribution in [3.8, 4) is 0 Å². The second kappa shape index (κ2) is 4.10. The fraction of sp³-hybridized carbons (Fsp3) is 0. The highest BCUT2D eigenvalue weighted by molar-refractivity contribution is 6.58. The standard InChI is InChI=1S/C7H3BF4O4/c9-3-1(7(13)14)4(10)6(12)2(5(3)11)8(15)16/h15-16H,(H,13,14). The van der Waals surface area contributed by atoms with E-state index in [1.807, 2.05) is 0 Å². The Balaban J connectivity index is 3.70. The van der Waals surface area contributed by atoms with Crippen molar-refractivity contribution >= 4 is 18.6 Å². The molecule has 0 amide bonds. The van der Waals surface area contributed by atoms with Gasteiger partial charge in [0.15, 0.2) is 23.3 Å². The monoisotopic (exact) mass is 238 g/mol. The van der Waals surface area contributed by atoms with E-state index in [0.29, 0.717) is 0 Å². The molecule has 0 heterocycles. The van der Waals surface area contributed by atoms with Gasteiger partial charge in [0.1, 0.15) is 5.56 Å². The van der Waals surface area contributed by atoms with Crippen molar-refractivity contribution < 1.29 is 37.5 Å². The van der Waals surface area contributed by atoms with Gasteiger partial charge in [0.25, 0.3) is 0 Å². The predicted octanol–water partition coefficient (Wildman–Crippen LogP) is -0.379. The molecule has 0 fully saturated rings. The van der Waals surface area contributed by atoms with Crippen LogP contribution in [0.25, 0.3) is 0 Å². The first-order valence-electron chi connectivity index (χ1n) is 3.74. The van der Waals surface area contributed by atoms with Gasteiger partial charge in [0, 0.05) is 0 Å². The smallest absolute Gasteiger partial charge is 0.477 e. The largest absolute Gasteiger partial charge is 0.494 e. The molecule has 0 unspecified atom stereocenters. The van der Waals surface area contributed by atoms with Crippen LogP contribution in [0.5, 0.6) is 0 Å². The minimum atomic E-state index is -2.80. The van der Waals surface area contributed by atoms with E-state index >= 15 is 0 Å². The molecule has 1 aromatic rings. The summed E-state index contributed by atoms with van der Waals surface area (Å²) in [5, 5.41) is 25.2. The van der Waals surface area contributed by atoms with Crippen molar-refractivity contribution in [3.05, 3.63) is 28.8 Å². The summed E-state index contributed by atoms with van der Waals surface area (Å²) in [5.41, 5.74) is -3.51. The van der Waals surface area contributed by atoms with Gasteiger partial charge in [0.2, 0.25) is 0 Å². The predicted molar refractivity (Wildman–Crippen MR) is 43.1 cm³/mol. The SMILES string of the molecule is O=C(O)c1c(F)c(F)c(B(O)O)c(F)c1F. The van der Waals surface area contributed by atoms with Crippen LogP contribution in [-0.2, 0) is 0 Å². The molecular formula is C7H3BF4O4. The molecule has 0 saturated heterocycles. The molecule has 4 nitrogen and oxygen atoms in total. The van der Waals surface area contributed by atoms with Gasteiger partial charge in [-0.2, -0.15) is 0 Å². The van der Waals surface area contributed by atoms with Crippen molar-refractivity contribution in [2.45, 2.75) is 0 Å². The molecule has 0 aliphatic rings. The minimum absolute atomic E-state index is 1.68. The minimum Gasteiger partial charge on any atom is -0.477 e. The fourth-order valence-electron chi connectivity index (χ4n) is 1.06. The molecule has 0 bridgehead atoms. The number of hydrogen-bond acceptors (Lipinski definition) is 3. The first-order valence-corrected chi connectivity index (χ1v) is 3.74. The van der Waals surface area contributed by atoms with Gasteiger partial charge in [-0.25, -0.2) is 22.4 Å². The number of aromatic carboxylic acids is 1. The normalized spacial score (nSPS) is 10.4. The highest BCUT2D eigenvalue weighted by atomic mass is 19.2. The van der Waals surface area contributed by atoms with Gasteiger partial charge >= 0.3 is 13.1 Å². The van der Waals surface area contributed by atoms with Gasteiger partial charge in [-0.05, 0) is 0 Å². The van der Waals surface area contributed by atoms with Crippen LogP contribution in [0.3, 0.4) is 0 Å². The third-order valence-corrected chi connectivity index (χ3v) is 1.77. The summed E-state index contributed by atoms with van der Waals surface area (Å²) in [6.07, 6.45) is 0. The Hall–Kier alpha value is -1.61. The lowest BCUT2D eigenvalue weighted by Gasteiger charge is -2.08. The van der Waals surface area contributed by atoms with E-state index in [9.17, 15) is 22.4 Å². The Kier molecular flexibility index (Phi) is 3.20. The average Bonchev–Trinajstić information content (AvgIpc) is 2.14. The highest BCUT2D eigenvalue weighted by Gasteiger charge is 2.33. The lowest BCUT2D eigenvalue weighted by Crippen LogP contribution is -2.38. The molecule has 0 radical (unpaired) electrons. The molecule has 86 valence electrons. The number of hydrogen-bond donors (Lipinski definition) is 3. The van der Waals surface area contributed by atoms with Crippen LogP contribution in [0, 0.1) is 23.3 Å². The van der Waals surface area contributed by atoms with Gasteiger partial charge in [-0.1, -0.05) is 0 Å². The first-order chi connectivity index (χ1) is 7.29. The first kappa shape index (κ1) is 12.5. The summed E-state index contributed by atoms with van der Waals surface area (Å²) < 4.78 is 51.8. The molecule has 0 aliphatic heterocycles. The zero-order valence-electron chi connectivity index (χ0n) is 7.34. The number of benzene rings is 1. The number of carboxylic acids is 1. The van der Waals surface area contributed by atoms with Crippen LogP contribution in [0.2, 0.25) is 0 Å². The number of carbonyl (C=O) groups is 1. The van der Waals surface area contributed by atoms with Crippen molar-refractivity contribution in [2.75, 3.05) is 0 Å². The van der Waals surface area contributed by atoms with E-state index in [1.54, 1.807) is 0 Å². The van der Waals surface area contributed by atoms with Gasteiger partial charge < -0.3 is 15.2 Å². The Morgan fingerprint density at radius 2 is 1.31 bits per heavy atom. The molecule has 0 saturated carbocycles. The molecular weight excluding hydrogens is 235 g/mol. The lowest BCUT2D eigenvalue weighted by atomic mass is 9.78. The second-order valence-electron chi connectivity index (χ2n) is 2.72. The van der Waals surface area contributed by atoms with Crippen LogP contribution < -0.4 is 5.46 Å². The Morgan fingerprint density at radius 3 is 1.56 bits per heavy atom. The summed E-state index contributed by atoms with van der Waals surface area (Å²) in [6.45, 7) is 0. The van der Waals surface area contributed by atoms with E-state index in [1.165, 1.54) is 0 Å². The van der Waals surface area contributed by atoms with Crippen molar-refractivity contribution in [3.63, 3.8) is 0 Å². The van der Waals surface area contributed by atoms with E-state index in [0.717, 1.165) is 0 Å². The Labute approximate surface area is 85.9 Å². The fourth-order valence-corrected chi connectivity index (χ4v) is 1.06. The van der Waals surface area contributed by atoms with E-state index in [2.05, 4.69) is 0 Å². The van der Waals surface area contributed by atoms with E-state index < -0.39 is 47.4 Å². The number of halogens is 4. The van der Waals surface area contributed by atoms with E-state index in [-0.39, 0.29) is 0 Å². The quantitative estimate of drug-likeness (QED) is 0.373. The number of rotatable bonds is 2. The molecule has 0 aromatic heterocycles. The summed E-state index contributed by atoms with van der Waals surface area (Å²) in [5.74, 6) is -10.9. The summed E-state index contributed by atoms with van der Waals surface area (Å²) in [6, 6.07) is 0. The second-order valence-corrected chi connectivity index (χ2v) is 2.72. The lowest BCUT2D eigenvalue weighted by molar-refractivity contribution is 0.0683. The van der Waals surface area contributed by atoms with Crippen LogP contribution in [-0.4, -0.2) is 28.2 Å². The Bertz CT molecular complexity index is 433. The third kappa shape index (κ3) is 1.74. The van der Waals surface area contributed by atoms with Gasteiger partial charge in [-0.15, -0.1) is 0 Å². The van der Waals surface area contributed by atoms with E-state index in [4.69, 9.17) is 15.2 Å².